The largest absolute Gasteiger partial charge is 0.377 e. The number of aromatic nitrogens is 1. The molecule has 1 aliphatic rings. The topological polar surface area (TPSA) is 31.4 Å². The van der Waals surface area contributed by atoms with Crippen molar-refractivity contribution in [2.75, 3.05) is 26.4 Å². The normalized spacial score (nSPS) is 15.1. The first kappa shape index (κ1) is 12.0. The number of hydrogen-bond acceptors (Lipinski definition) is 3. The second-order valence-corrected chi connectivity index (χ2v) is 3.87. The van der Waals surface area contributed by atoms with E-state index in [4.69, 9.17) is 9.47 Å². The zero-order valence-electron chi connectivity index (χ0n) is 10.1. The van der Waals surface area contributed by atoms with Crippen LogP contribution in [0.3, 0.4) is 0 Å². The minimum Gasteiger partial charge on any atom is -0.377 e. The van der Waals surface area contributed by atoms with Gasteiger partial charge in [-0.15, -0.1) is 0 Å². The summed E-state index contributed by atoms with van der Waals surface area (Å²) in [5.74, 6) is 0. The maximum Gasteiger partial charge on any atom is 0.0705 e. The summed E-state index contributed by atoms with van der Waals surface area (Å²) in [6.07, 6.45) is 0. The number of para-hydroxylation sites is 1. The molecule has 0 N–H and O–H groups in total. The van der Waals surface area contributed by atoms with E-state index in [9.17, 15) is 0 Å². The Kier molecular flexibility index (Phi) is 4.47. The van der Waals surface area contributed by atoms with Crippen LogP contribution >= 0.6 is 0 Å². The predicted octanol–water partition coefficient (Wildman–Crippen LogP) is 2.58. The van der Waals surface area contributed by atoms with Crippen LogP contribution < -0.4 is 0 Å². The average Bonchev–Trinajstić information content (AvgIpc) is 2.41. The second-order valence-electron chi connectivity index (χ2n) is 3.87. The quantitative estimate of drug-likeness (QED) is 0.698. The number of fused-ring (bicyclic) bond motifs is 1. The number of aryl methyl sites for hydroxylation is 1. The first-order chi connectivity index (χ1) is 8.36. The monoisotopic (exact) mass is 231 g/mol. The Labute approximate surface area is 101 Å². The number of hydrogen-bond donors (Lipinski definition) is 0. The van der Waals surface area contributed by atoms with Crippen molar-refractivity contribution >= 4 is 10.9 Å². The van der Waals surface area contributed by atoms with Gasteiger partial charge in [0, 0.05) is 11.1 Å². The van der Waals surface area contributed by atoms with E-state index in [-0.39, 0.29) is 0 Å². The second kappa shape index (κ2) is 6.33. The van der Waals surface area contributed by atoms with Crippen molar-refractivity contribution in [3.8, 4) is 0 Å². The Morgan fingerprint density at radius 1 is 0.882 bits per heavy atom. The fourth-order valence-electron chi connectivity index (χ4n) is 1.61. The minimum atomic E-state index is 0.778. The fraction of sp³-hybridized carbons (Fsp3) is 0.357. The highest BCUT2D eigenvalue weighted by Crippen LogP contribution is 2.10. The first-order valence-electron chi connectivity index (χ1n) is 5.84. The summed E-state index contributed by atoms with van der Waals surface area (Å²) in [6.45, 7) is 5.12. The summed E-state index contributed by atoms with van der Waals surface area (Å²) < 4.78 is 9.89. The third-order valence-electron chi connectivity index (χ3n) is 2.48. The van der Waals surface area contributed by atoms with Crippen molar-refractivity contribution in [1.82, 2.24) is 4.98 Å². The van der Waals surface area contributed by atoms with Gasteiger partial charge in [-0.25, -0.2) is 0 Å². The molecule has 0 radical (unpaired) electrons. The molecule has 1 aromatic heterocycles. The van der Waals surface area contributed by atoms with Crippen molar-refractivity contribution in [2.45, 2.75) is 6.92 Å². The Hall–Kier alpha value is -1.45. The van der Waals surface area contributed by atoms with Crippen LogP contribution in [0.15, 0.2) is 36.4 Å². The molecule has 0 aliphatic carbocycles. The van der Waals surface area contributed by atoms with Gasteiger partial charge in [-0.3, -0.25) is 4.98 Å². The number of rotatable bonds is 0. The smallest absolute Gasteiger partial charge is 0.0705 e. The van der Waals surface area contributed by atoms with E-state index in [2.05, 4.69) is 17.1 Å². The molecule has 2 heterocycles. The van der Waals surface area contributed by atoms with Crippen molar-refractivity contribution < 1.29 is 9.47 Å². The van der Waals surface area contributed by atoms with Crippen molar-refractivity contribution in [3.05, 3.63) is 42.1 Å². The zero-order chi connectivity index (χ0) is 11.9. The molecule has 0 bridgehead atoms. The molecule has 90 valence electrons. The van der Waals surface area contributed by atoms with Crippen LogP contribution in [0.5, 0.6) is 0 Å². The minimum absolute atomic E-state index is 0.778. The van der Waals surface area contributed by atoms with E-state index in [1.165, 1.54) is 5.39 Å². The molecule has 2 aromatic rings. The fourth-order valence-corrected chi connectivity index (χ4v) is 1.61. The molecule has 0 amide bonds. The van der Waals surface area contributed by atoms with Crippen LogP contribution in [0.4, 0.5) is 0 Å². The van der Waals surface area contributed by atoms with Crippen molar-refractivity contribution in [1.29, 1.82) is 0 Å². The molecule has 17 heavy (non-hydrogen) atoms. The number of nitrogens with zero attached hydrogens (tertiary/aromatic N) is 1. The number of pyridine rings is 1. The molecule has 3 nitrogen and oxygen atoms in total. The van der Waals surface area contributed by atoms with E-state index in [1.54, 1.807) is 0 Å². The molecule has 1 fully saturated rings. The Bertz CT molecular complexity index is 455. The molecule has 1 saturated heterocycles. The molecular formula is C14H17NO2. The zero-order valence-corrected chi connectivity index (χ0v) is 10.1. The molecule has 3 heteroatoms. The summed E-state index contributed by atoms with van der Waals surface area (Å²) >= 11 is 0. The molecule has 0 atom stereocenters. The molecule has 0 saturated carbocycles. The van der Waals surface area contributed by atoms with Gasteiger partial charge in [-0.1, -0.05) is 24.3 Å². The lowest BCUT2D eigenvalue weighted by molar-refractivity contribution is -0.0334. The summed E-state index contributed by atoms with van der Waals surface area (Å²) in [4.78, 5) is 4.38. The molecule has 1 aromatic carbocycles. The van der Waals surface area contributed by atoms with Gasteiger partial charge < -0.3 is 9.47 Å². The summed E-state index contributed by atoms with van der Waals surface area (Å²) in [5.41, 5.74) is 2.15. The van der Waals surface area contributed by atoms with Crippen LogP contribution in [0.2, 0.25) is 0 Å². The number of ether oxygens (including phenoxy) is 2. The molecular weight excluding hydrogens is 214 g/mol. The lowest BCUT2D eigenvalue weighted by atomic mass is 10.2. The molecule has 0 unspecified atom stereocenters. The summed E-state index contributed by atoms with van der Waals surface area (Å²) in [5, 5.41) is 1.21. The maximum absolute atomic E-state index is 4.94. The third kappa shape index (κ3) is 3.80. The van der Waals surface area contributed by atoms with Gasteiger partial charge in [-0.2, -0.15) is 0 Å². The van der Waals surface area contributed by atoms with Gasteiger partial charge in [0.1, 0.15) is 0 Å². The SMILES string of the molecule is C1COCCO1.Cc1ccc2ccccc2n1. The highest BCUT2D eigenvalue weighted by atomic mass is 16.6. The van der Waals surface area contributed by atoms with Crippen LogP contribution in [0.1, 0.15) is 5.69 Å². The van der Waals surface area contributed by atoms with Gasteiger partial charge in [0.25, 0.3) is 0 Å². The number of benzene rings is 1. The van der Waals surface area contributed by atoms with Crippen LogP contribution in [-0.2, 0) is 9.47 Å². The lowest BCUT2D eigenvalue weighted by Crippen LogP contribution is -2.16. The maximum atomic E-state index is 4.94. The highest BCUT2D eigenvalue weighted by molar-refractivity contribution is 5.78. The Morgan fingerprint density at radius 2 is 1.53 bits per heavy atom. The van der Waals surface area contributed by atoms with Gasteiger partial charge in [0.05, 0.1) is 31.9 Å². The van der Waals surface area contributed by atoms with Gasteiger partial charge >= 0.3 is 0 Å². The van der Waals surface area contributed by atoms with E-state index < -0.39 is 0 Å². The van der Waals surface area contributed by atoms with Gasteiger partial charge in [0.2, 0.25) is 0 Å². The highest BCUT2D eigenvalue weighted by Gasteiger charge is 1.94. The van der Waals surface area contributed by atoms with Crippen LogP contribution in [0.25, 0.3) is 10.9 Å². The molecule has 3 rings (SSSR count). The third-order valence-corrected chi connectivity index (χ3v) is 2.48. The van der Waals surface area contributed by atoms with E-state index in [1.807, 2.05) is 31.2 Å². The summed E-state index contributed by atoms with van der Waals surface area (Å²) in [7, 11) is 0. The summed E-state index contributed by atoms with van der Waals surface area (Å²) in [6, 6.07) is 12.3. The van der Waals surface area contributed by atoms with Crippen LogP contribution in [-0.4, -0.2) is 31.4 Å². The molecule has 0 spiro atoms. The Morgan fingerprint density at radius 3 is 2.18 bits per heavy atom. The van der Waals surface area contributed by atoms with Crippen molar-refractivity contribution in [3.63, 3.8) is 0 Å². The molecule has 1 aliphatic heterocycles. The van der Waals surface area contributed by atoms with Crippen LogP contribution in [0, 0.1) is 6.92 Å². The standard InChI is InChI=1S/C10H9N.C4H8O2/c1-8-6-7-9-4-2-3-5-10(9)11-8;1-2-6-4-3-5-1/h2-7H,1H3;1-4H2. The van der Waals surface area contributed by atoms with E-state index >= 15 is 0 Å². The van der Waals surface area contributed by atoms with E-state index in [0.717, 1.165) is 37.6 Å². The first-order valence-corrected chi connectivity index (χ1v) is 5.84. The van der Waals surface area contributed by atoms with Crippen molar-refractivity contribution in [2.24, 2.45) is 0 Å². The lowest BCUT2D eigenvalue weighted by Gasteiger charge is -2.09. The Balaban J connectivity index is 0.000000153. The van der Waals surface area contributed by atoms with Gasteiger partial charge in [0.15, 0.2) is 0 Å². The average molecular weight is 231 g/mol. The van der Waals surface area contributed by atoms with Gasteiger partial charge in [-0.05, 0) is 19.1 Å². The van der Waals surface area contributed by atoms with E-state index in [0.29, 0.717) is 0 Å². The predicted molar refractivity (Wildman–Crippen MR) is 68.1 cm³/mol.